The Balaban J connectivity index is 1.77. The van der Waals surface area contributed by atoms with E-state index in [-0.39, 0.29) is 0 Å². The smallest absolute Gasteiger partial charge is 0.0893 e. The van der Waals surface area contributed by atoms with Crippen LogP contribution < -0.4 is 5.32 Å². The first kappa shape index (κ1) is 11.4. The van der Waals surface area contributed by atoms with Crippen molar-refractivity contribution in [1.82, 2.24) is 14.9 Å². The van der Waals surface area contributed by atoms with Crippen molar-refractivity contribution in [2.45, 2.75) is 37.0 Å². The van der Waals surface area contributed by atoms with Gasteiger partial charge in [-0.3, -0.25) is 0 Å². The van der Waals surface area contributed by atoms with Gasteiger partial charge in [-0.15, -0.1) is 5.10 Å². The molecule has 0 amide bonds. The Bertz CT molecular complexity index is 281. The van der Waals surface area contributed by atoms with Crippen LogP contribution in [0.2, 0.25) is 0 Å². The maximum Gasteiger partial charge on any atom is 0.0893 e. The summed E-state index contributed by atoms with van der Waals surface area (Å²) in [4.78, 5) is 0. The summed E-state index contributed by atoms with van der Waals surface area (Å²) in [5.74, 6) is 0. The molecule has 1 fully saturated rings. The van der Waals surface area contributed by atoms with Gasteiger partial charge in [0.15, 0.2) is 0 Å². The van der Waals surface area contributed by atoms with Crippen LogP contribution in [0.3, 0.4) is 0 Å². The molecule has 5 heteroatoms. The molecule has 1 aromatic heterocycles. The van der Waals surface area contributed by atoms with E-state index in [0.717, 1.165) is 18.8 Å². The average molecular weight is 243 g/mol. The zero-order chi connectivity index (χ0) is 10.6. The molecule has 1 heterocycles. The van der Waals surface area contributed by atoms with Gasteiger partial charge in [0, 0.05) is 23.2 Å². The molecule has 1 aliphatic carbocycles. The third-order valence-corrected chi connectivity index (χ3v) is 5.08. The summed E-state index contributed by atoms with van der Waals surface area (Å²) in [7, 11) is 0. The van der Waals surface area contributed by atoms with E-state index in [1.54, 1.807) is 0 Å². The molecule has 0 spiro atoms. The normalized spacial score (nSPS) is 19.5. The molecule has 1 saturated carbocycles. The highest BCUT2D eigenvalue weighted by atomic mass is 32.2. The Morgan fingerprint density at radius 1 is 1.53 bits per heavy atom. The topological polar surface area (TPSA) is 37.8 Å². The van der Waals surface area contributed by atoms with E-state index in [1.807, 2.05) is 17.1 Å². The second kappa shape index (κ2) is 5.27. The molecular formula is C10H17N3S2. The fourth-order valence-corrected chi connectivity index (χ4v) is 3.55. The van der Waals surface area contributed by atoms with Crippen LogP contribution in [-0.2, 0) is 6.54 Å². The first-order chi connectivity index (χ1) is 7.35. The van der Waals surface area contributed by atoms with Gasteiger partial charge in [-0.2, -0.15) is 11.8 Å². The first-order valence-corrected chi connectivity index (χ1v) is 7.43. The van der Waals surface area contributed by atoms with Crippen LogP contribution in [0.1, 0.15) is 31.4 Å². The highest BCUT2D eigenvalue weighted by Crippen LogP contribution is 2.39. The highest BCUT2D eigenvalue weighted by Gasteiger charge is 2.32. The van der Waals surface area contributed by atoms with E-state index in [4.69, 9.17) is 0 Å². The number of nitrogens with zero attached hydrogens (tertiary/aromatic N) is 2. The zero-order valence-corrected chi connectivity index (χ0v) is 10.7. The molecule has 0 saturated heterocycles. The van der Waals surface area contributed by atoms with Crippen molar-refractivity contribution in [1.29, 1.82) is 0 Å². The van der Waals surface area contributed by atoms with Gasteiger partial charge in [0.25, 0.3) is 0 Å². The molecule has 2 rings (SSSR count). The summed E-state index contributed by atoms with van der Waals surface area (Å²) in [5, 5.41) is 9.54. The van der Waals surface area contributed by atoms with Crippen molar-refractivity contribution >= 4 is 23.3 Å². The van der Waals surface area contributed by atoms with Gasteiger partial charge in [-0.25, -0.2) is 0 Å². The second-order valence-corrected chi connectivity index (χ2v) is 5.98. The van der Waals surface area contributed by atoms with Gasteiger partial charge in [0.2, 0.25) is 0 Å². The molecule has 0 aromatic carbocycles. The van der Waals surface area contributed by atoms with Gasteiger partial charge in [0.05, 0.1) is 5.69 Å². The van der Waals surface area contributed by atoms with Crippen LogP contribution in [-0.4, -0.2) is 27.1 Å². The van der Waals surface area contributed by atoms with Gasteiger partial charge in [-0.1, -0.05) is 17.3 Å². The zero-order valence-electron chi connectivity index (χ0n) is 9.03. The minimum absolute atomic E-state index is 0.490. The molecule has 0 unspecified atom stereocenters. The fraction of sp³-hybridized carbons (Fsp3) is 0.800. The predicted molar refractivity (Wildman–Crippen MR) is 66.3 cm³/mol. The monoisotopic (exact) mass is 243 g/mol. The van der Waals surface area contributed by atoms with Crippen molar-refractivity contribution in [3.8, 4) is 0 Å². The third-order valence-electron chi connectivity index (χ3n) is 3.11. The van der Waals surface area contributed by atoms with E-state index >= 15 is 0 Å². The Hall–Kier alpha value is -0.130. The SMILES string of the molecule is CSC1(CNCc2csnn2)CCCC1. The summed E-state index contributed by atoms with van der Waals surface area (Å²) < 4.78 is 4.35. The van der Waals surface area contributed by atoms with Crippen molar-refractivity contribution in [2.24, 2.45) is 0 Å². The van der Waals surface area contributed by atoms with E-state index in [9.17, 15) is 0 Å². The minimum atomic E-state index is 0.490. The Labute approximate surface area is 99.2 Å². The fourth-order valence-electron chi connectivity index (χ4n) is 2.15. The van der Waals surface area contributed by atoms with Crippen molar-refractivity contribution < 1.29 is 0 Å². The van der Waals surface area contributed by atoms with E-state index < -0.39 is 0 Å². The maximum absolute atomic E-state index is 4.03. The molecule has 84 valence electrons. The Morgan fingerprint density at radius 2 is 2.33 bits per heavy atom. The molecule has 0 bridgehead atoms. The molecule has 15 heavy (non-hydrogen) atoms. The lowest BCUT2D eigenvalue weighted by atomic mass is 10.1. The van der Waals surface area contributed by atoms with Crippen LogP contribution in [0, 0.1) is 0 Å². The molecule has 0 aliphatic heterocycles. The van der Waals surface area contributed by atoms with Crippen molar-refractivity contribution in [2.75, 3.05) is 12.8 Å². The van der Waals surface area contributed by atoms with Crippen LogP contribution >= 0.6 is 23.3 Å². The molecule has 1 N–H and O–H groups in total. The number of aromatic nitrogens is 2. The summed E-state index contributed by atoms with van der Waals surface area (Å²) in [6, 6.07) is 0. The van der Waals surface area contributed by atoms with Gasteiger partial charge >= 0.3 is 0 Å². The number of hydrogen-bond donors (Lipinski definition) is 1. The lowest BCUT2D eigenvalue weighted by Crippen LogP contribution is -2.34. The number of nitrogens with one attached hydrogen (secondary N) is 1. The van der Waals surface area contributed by atoms with Crippen LogP contribution in [0.4, 0.5) is 0 Å². The van der Waals surface area contributed by atoms with Gasteiger partial charge < -0.3 is 5.32 Å². The summed E-state index contributed by atoms with van der Waals surface area (Å²) in [6.07, 6.45) is 7.73. The first-order valence-electron chi connectivity index (χ1n) is 5.36. The van der Waals surface area contributed by atoms with E-state index in [0.29, 0.717) is 4.75 Å². The predicted octanol–water partition coefficient (Wildman–Crippen LogP) is 2.30. The van der Waals surface area contributed by atoms with Crippen LogP contribution in [0.15, 0.2) is 5.38 Å². The molecular weight excluding hydrogens is 226 g/mol. The van der Waals surface area contributed by atoms with E-state index in [1.165, 1.54) is 37.2 Å². The molecule has 1 aliphatic rings. The number of hydrogen-bond acceptors (Lipinski definition) is 5. The van der Waals surface area contributed by atoms with E-state index in [2.05, 4.69) is 21.2 Å². The largest absolute Gasteiger partial charge is 0.310 e. The van der Waals surface area contributed by atoms with Crippen molar-refractivity contribution in [3.05, 3.63) is 11.1 Å². The summed E-state index contributed by atoms with van der Waals surface area (Å²) >= 11 is 3.44. The highest BCUT2D eigenvalue weighted by molar-refractivity contribution is 8.00. The average Bonchev–Trinajstić information content (AvgIpc) is 2.89. The van der Waals surface area contributed by atoms with Crippen LogP contribution in [0.5, 0.6) is 0 Å². The molecule has 3 nitrogen and oxygen atoms in total. The van der Waals surface area contributed by atoms with Gasteiger partial charge in [0.1, 0.15) is 0 Å². The Kier molecular flexibility index (Phi) is 3.99. The summed E-state index contributed by atoms with van der Waals surface area (Å²) in [5.41, 5.74) is 1.06. The third kappa shape index (κ3) is 2.92. The molecule has 0 atom stereocenters. The van der Waals surface area contributed by atoms with Gasteiger partial charge in [-0.05, 0) is 30.6 Å². The molecule has 0 radical (unpaired) electrons. The van der Waals surface area contributed by atoms with Crippen LogP contribution in [0.25, 0.3) is 0 Å². The lowest BCUT2D eigenvalue weighted by Gasteiger charge is -2.26. The Morgan fingerprint density at radius 3 is 2.93 bits per heavy atom. The molecule has 1 aromatic rings. The second-order valence-electron chi connectivity index (χ2n) is 4.09. The quantitative estimate of drug-likeness (QED) is 0.861. The van der Waals surface area contributed by atoms with Crippen molar-refractivity contribution in [3.63, 3.8) is 0 Å². The number of rotatable bonds is 5. The standard InChI is InChI=1S/C10H17N3S2/c1-14-10(4-2-3-5-10)8-11-6-9-7-15-13-12-9/h7,11H,2-6,8H2,1H3. The minimum Gasteiger partial charge on any atom is -0.310 e. The number of thioether (sulfide) groups is 1. The lowest BCUT2D eigenvalue weighted by molar-refractivity contribution is 0.530. The maximum atomic E-state index is 4.03. The summed E-state index contributed by atoms with van der Waals surface area (Å²) in [6.45, 7) is 1.96.